The van der Waals surface area contributed by atoms with Crippen LogP contribution in [0.25, 0.3) is 28.0 Å². The number of fused-ring (bicyclic) bond motifs is 3. The molecule has 3 aromatic heterocycles. The molecule has 212 valence electrons. The predicted molar refractivity (Wildman–Crippen MR) is 155 cm³/mol. The third-order valence-corrected chi connectivity index (χ3v) is 8.77. The van der Waals surface area contributed by atoms with E-state index in [1.807, 2.05) is 47.4 Å². The summed E-state index contributed by atoms with van der Waals surface area (Å²) < 4.78 is 26.8. The molecule has 11 nitrogen and oxygen atoms in total. The summed E-state index contributed by atoms with van der Waals surface area (Å²) >= 11 is 0. The van der Waals surface area contributed by atoms with Gasteiger partial charge in [0.05, 0.1) is 35.9 Å². The van der Waals surface area contributed by atoms with Gasteiger partial charge in [-0.1, -0.05) is 36.4 Å². The Kier molecular flexibility index (Phi) is 6.82. The summed E-state index contributed by atoms with van der Waals surface area (Å²) in [5.74, 6) is -0.283. The number of carbonyl (C=O) groups is 2. The minimum Gasteiger partial charge on any atom is -0.383 e. The highest BCUT2D eigenvalue weighted by atomic mass is 32.2. The van der Waals surface area contributed by atoms with Crippen LogP contribution in [0.4, 0.5) is 5.82 Å². The van der Waals surface area contributed by atoms with Crippen LogP contribution in [-0.4, -0.2) is 69.5 Å². The van der Waals surface area contributed by atoms with Gasteiger partial charge < -0.3 is 10.6 Å². The third kappa shape index (κ3) is 5.08. The molecule has 1 aromatic carbocycles. The Bertz CT molecular complexity index is 1740. The molecule has 0 radical (unpaired) electrons. The Labute approximate surface area is 237 Å². The Morgan fingerprint density at radius 3 is 2.34 bits per heavy atom. The van der Waals surface area contributed by atoms with Gasteiger partial charge in [0.2, 0.25) is 15.9 Å². The summed E-state index contributed by atoms with van der Waals surface area (Å²) in [6, 6.07) is 13.7. The Morgan fingerprint density at radius 2 is 1.73 bits per heavy atom. The lowest BCUT2D eigenvalue weighted by Gasteiger charge is -2.39. The quantitative estimate of drug-likeness (QED) is 0.320. The largest absolute Gasteiger partial charge is 0.383 e. The van der Waals surface area contributed by atoms with Crippen LogP contribution in [-0.2, 0) is 14.8 Å². The van der Waals surface area contributed by atoms with Crippen LogP contribution in [0.2, 0.25) is 0 Å². The van der Waals surface area contributed by atoms with Gasteiger partial charge >= 0.3 is 0 Å². The second-order valence-corrected chi connectivity index (χ2v) is 12.7. The number of sulfonamides is 1. The van der Waals surface area contributed by atoms with Crippen molar-refractivity contribution in [2.45, 2.75) is 50.6 Å². The first-order valence-corrected chi connectivity index (χ1v) is 15.5. The Balaban J connectivity index is 1.34. The molecular weight excluding hydrogens is 542 g/mol. The van der Waals surface area contributed by atoms with Gasteiger partial charge in [-0.25, -0.2) is 18.1 Å². The first-order chi connectivity index (χ1) is 19.6. The van der Waals surface area contributed by atoms with Crippen LogP contribution in [0.1, 0.15) is 54.6 Å². The number of nitrogen functional groups attached to an aromatic ring is 1. The SMILES string of the molecule is CC(=O)c1c(C2C[C@H]3CC[C@@H](C2)N3C(=O)CNS(C)(=O)=O)nc2c(-c3ccc(-c4ccccc4)nc3)cnn2c1N. The highest BCUT2D eigenvalue weighted by molar-refractivity contribution is 7.88. The first-order valence-electron chi connectivity index (χ1n) is 13.6. The molecule has 41 heavy (non-hydrogen) atoms. The van der Waals surface area contributed by atoms with E-state index in [2.05, 4.69) is 14.8 Å². The van der Waals surface area contributed by atoms with Gasteiger partial charge in [0.25, 0.3) is 0 Å². The summed E-state index contributed by atoms with van der Waals surface area (Å²) in [7, 11) is -3.48. The molecule has 2 aliphatic heterocycles. The average molecular weight is 574 g/mol. The molecule has 3 atom stereocenters. The number of piperidine rings is 1. The molecule has 6 rings (SSSR count). The number of hydrogen-bond donors (Lipinski definition) is 2. The standard InChI is InChI=1S/C29H31N7O4S/c1-17(37)26-27(20-12-21-9-10-22(13-20)35(21)25(38)16-33-41(2,39)40)34-29-23(15-32-36(29)28(26)30)19-8-11-24(31-14-19)18-6-4-3-5-7-18/h3-8,11,14-15,20-22,33H,9-10,12-13,16,30H2,1-2H3/t20?,21-,22+. The van der Waals surface area contributed by atoms with Crippen LogP contribution in [0.3, 0.4) is 0 Å². The lowest BCUT2D eigenvalue weighted by atomic mass is 9.85. The van der Waals surface area contributed by atoms with E-state index in [1.54, 1.807) is 12.4 Å². The molecule has 1 amide bonds. The minimum absolute atomic E-state index is 0.0641. The number of pyridine rings is 1. The lowest BCUT2D eigenvalue weighted by molar-refractivity contribution is -0.134. The molecule has 0 saturated carbocycles. The number of ketones is 1. The number of hydrogen-bond acceptors (Lipinski definition) is 8. The molecule has 2 bridgehead atoms. The zero-order valence-electron chi connectivity index (χ0n) is 22.8. The zero-order chi connectivity index (χ0) is 28.9. The molecule has 2 fully saturated rings. The number of amides is 1. The molecule has 1 unspecified atom stereocenters. The molecule has 5 heterocycles. The van der Waals surface area contributed by atoms with E-state index >= 15 is 0 Å². The van der Waals surface area contributed by atoms with Gasteiger partial charge in [-0.3, -0.25) is 14.6 Å². The number of Topliss-reactive ketones (excluding diaryl/α,β-unsaturated/α-hetero) is 1. The Hall–Kier alpha value is -4.16. The molecule has 12 heteroatoms. The predicted octanol–water partition coefficient (Wildman–Crippen LogP) is 3.03. The summed E-state index contributed by atoms with van der Waals surface area (Å²) in [5.41, 5.74) is 11.5. The van der Waals surface area contributed by atoms with Crippen LogP contribution in [0, 0.1) is 0 Å². The van der Waals surface area contributed by atoms with E-state index in [4.69, 9.17) is 10.7 Å². The summed E-state index contributed by atoms with van der Waals surface area (Å²) in [5, 5.41) is 4.46. The van der Waals surface area contributed by atoms with Crippen molar-refractivity contribution < 1.29 is 18.0 Å². The molecule has 0 spiro atoms. The van der Waals surface area contributed by atoms with E-state index in [1.165, 1.54) is 11.4 Å². The van der Waals surface area contributed by atoms with Crippen molar-refractivity contribution in [2.24, 2.45) is 0 Å². The molecule has 0 aliphatic carbocycles. The fraction of sp³-hybridized carbons (Fsp3) is 0.345. The minimum atomic E-state index is -3.48. The van der Waals surface area contributed by atoms with Crippen molar-refractivity contribution >= 4 is 33.2 Å². The summed E-state index contributed by atoms with van der Waals surface area (Å²) in [6.45, 7) is 1.21. The number of nitrogens with two attached hydrogens (primary N) is 1. The van der Waals surface area contributed by atoms with Crippen molar-refractivity contribution in [3.8, 4) is 22.4 Å². The van der Waals surface area contributed by atoms with Gasteiger partial charge in [-0.05, 0) is 38.7 Å². The summed E-state index contributed by atoms with van der Waals surface area (Å²) in [6.07, 6.45) is 7.36. The number of nitrogens with zero attached hydrogens (tertiary/aromatic N) is 5. The average Bonchev–Trinajstić information content (AvgIpc) is 3.49. The van der Waals surface area contributed by atoms with E-state index in [9.17, 15) is 18.0 Å². The second kappa shape index (κ2) is 10.3. The molecule has 2 saturated heterocycles. The summed E-state index contributed by atoms with van der Waals surface area (Å²) in [4.78, 5) is 37.2. The van der Waals surface area contributed by atoms with Crippen LogP contribution in [0.5, 0.6) is 0 Å². The fourth-order valence-corrected chi connectivity index (χ4v) is 6.70. The fourth-order valence-electron chi connectivity index (χ4n) is 6.32. The molecule has 4 aromatic rings. The lowest BCUT2D eigenvalue weighted by Crippen LogP contribution is -2.49. The monoisotopic (exact) mass is 573 g/mol. The maximum Gasteiger partial charge on any atom is 0.238 e. The van der Waals surface area contributed by atoms with Gasteiger partial charge in [0.1, 0.15) is 5.82 Å². The number of carbonyl (C=O) groups excluding carboxylic acids is 2. The number of nitrogens with one attached hydrogen (secondary N) is 1. The maximum atomic E-state index is 12.9. The molecule has 2 aliphatic rings. The van der Waals surface area contributed by atoms with Crippen LogP contribution in [0.15, 0.2) is 54.9 Å². The number of anilines is 1. The maximum absolute atomic E-state index is 12.9. The number of benzene rings is 1. The van der Waals surface area contributed by atoms with E-state index in [0.717, 1.165) is 41.5 Å². The Morgan fingerprint density at radius 1 is 1.02 bits per heavy atom. The van der Waals surface area contributed by atoms with Crippen molar-refractivity contribution in [1.82, 2.24) is 29.2 Å². The normalized spacial score (nSPS) is 20.4. The van der Waals surface area contributed by atoms with Crippen molar-refractivity contribution in [3.05, 3.63) is 66.1 Å². The number of aromatic nitrogens is 4. The van der Waals surface area contributed by atoms with Gasteiger partial charge in [-0.15, -0.1) is 0 Å². The topological polar surface area (TPSA) is 153 Å². The highest BCUT2D eigenvalue weighted by Crippen LogP contribution is 2.44. The van der Waals surface area contributed by atoms with Gasteiger partial charge in [-0.2, -0.15) is 9.61 Å². The van der Waals surface area contributed by atoms with E-state index in [-0.39, 0.29) is 42.1 Å². The van der Waals surface area contributed by atoms with Crippen LogP contribution < -0.4 is 10.5 Å². The van der Waals surface area contributed by atoms with Gasteiger partial charge in [0.15, 0.2) is 11.4 Å². The number of rotatable bonds is 7. The smallest absolute Gasteiger partial charge is 0.238 e. The van der Waals surface area contributed by atoms with Crippen molar-refractivity contribution in [3.63, 3.8) is 0 Å². The molecular formula is C29H31N7O4S. The second-order valence-electron chi connectivity index (χ2n) is 10.9. The van der Waals surface area contributed by atoms with Gasteiger partial charge in [0, 0.05) is 40.9 Å². The van der Waals surface area contributed by atoms with E-state index < -0.39 is 10.0 Å². The third-order valence-electron chi connectivity index (χ3n) is 8.10. The highest BCUT2D eigenvalue weighted by Gasteiger charge is 2.45. The van der Waals surface area contributed by atoms with E-state index in [0.29, 0.717) is 29.7 Å². The zero-order valence-corrected chi connectivity index (χ0v) is 23.6. The van der Waals surface area contributed by atoms with Crippen LogP contribution >= 0.6 is 0 Å². The van der Waals surface area contributed by atoms with Crippen molar-refractivity contribution in [2.75, 3.05) is 18.5 Å². The molecule has 3 N–H and O–H groups in total. The van der Waals surface area contributed by atoms with Crippen molar-refractivity contribution in [1.29, 1.82) is 0 Å². The first kappa shape index (κ1) is 27.0.